The molecule has 6 aromatic rings. The molecule has 0 spiro atoms. The van der Waals surface area contributed by atoms with Crippen molar-refractivity contribution >= 4 is 43.1 Å². The minimum atomic E-state index is 1.29. The van der Waals surface area contributed by atoms with Gasteiger partial charge in [0.2, 0.25) is 0 Å². The lowest BCUT2D eigenvalue weighted by Crippen LogP contribution is -1.88. The first kappa shape index (κ1) is 13.9. The van der Waals surface area contributed by atoms with E-state index >= 15 is 0 Å². The molecule has 0 saturated heterocycles. The Kier molecular flexibility index (Phi) is 2.70. The van der Waals surface area contributed by atoms with Crippen molar-refractivity contribution in [3.05, 3.63) is 97.1 Å². The van der Waals surface area contributed by atoms with Crippen LogP contribution in [0.1, 0.15) is 0 Å². The zero-order chi connectivity index (χ0) is 17.1. The van der Waals surface area contributed by atoms with Gasteiger partial charge >= 0.3 is 0 Å². The molecule has 0 aliphatic heterocycles. The largest absolute Gasteiger partial charge is 0.0616 e. The van der Waals surface area contributed by atoms with Gasteiger partial charge in [0.15, 0.2) is 0 Å². The van der Waals surface area contributed by atoms with Crippen LogP contribution >= 0.6 is 0 Å². The summed E-state index contributed by atoms with van der Waals surface area (Å²) in [5, 5.41) is 10.6. The average Bonchev–Trinajstić information content (AvgIpc) is 2.71. The molecule has 0 amide bonds. The van der Waals surface area contributed by atoms with Crippen molar-refractivity contribution in [1.82, 2.24) is 0 Å². The Morgan fingerprint density at radius 1 is 0.346 bits per heavy atom. The summed E-state index contributed by atoms with van der Waals surface area (Å²) in [5.41, 5.74) is 2.63. The molecular formula is C26H16. The molecule has 26 heavy (non-hydrogen) atoms. The maximum atomic E-state index is 2.37. The van der Waals surface area contributed by atoms with Crippen molar-refractivity contribution in [3.63, 3.8) is 0 Å². The van der Waals surface area contributed by atoms with Gasteiger partial charge in [0, 0.05) is 0 Å². The number of hydrogen-bond donors (Lipinski definition) is 0. The van der Waals surface area contributed by atoms with Crippen LogP contribution in [-0.2, 0) is 0 Å². The molecule has 0 atom stereocenters. The van der Waals surface area contributed by atoms with E-state index in [1.165, 1.54) is 54.2 Å². The van der Waals surface area contributed by atoms with Crippen molar-refractivity contribution in [1.29, 1.82) is 0 Å². The minimum absolute atomic E-state index is 1.29. The number of fused-ring (bicyclic) bond motifs is 1. The van der Waals surface area contributed by atoms with Crippen LogP contribution in [0.2, 0.25) is 0 Å². The van der Waals surface area contributed by atoms with E-state index in [1.54, 1.807) is 0 Å². The summed E-state index contributed by atoms with van der Waals surface area (Å²) in [6, 6.07) is 35.4. The summed E-state index contributed by atoms with van der Waals surface area (Å²) in [7, 11) is 0. The highest BCUT2D eigenvalue weighted by Gasteiger charge is 2.13. The van der Waals surface area contributed by atoms with Gasteiger partial charge in [-0.05, 0) is 60.3 Å². The Labute approximate surface area is 151 Å². The molecule has 0 nitrogen and oxygen atoms in total. The lowest BCUT2D eigenvalue weighted by molar-refractivity contribution is 1.70. The molecule has 0 saturated carbocycles. The van der Waals surface area contributed by atoms with Gasteiger partial charge in [-0.1, -0.05) is 91.0 Å². The maximum Gasteiger partial charge on any atom is -0.00206 e. The van der Waals surface area contributed by atoms with E-state index in [9.17, 15) is 0 Å². The Bertz CT molecular complexity index is 1420. The highest BCUT2D eigenvalue weighted by Crippen LogP contribution is 2.41. The van der Waals surface area contributed by atoms with Crippen LogP contribution in [0.4, 0.5) is 0 Å². The smallest absolute Gasteiger partial charge is 0.00206 e. The second kappa shape index (κ2) is 5.06. The van der Waals surface area contributed by atoms with Gasteiger partial charge in [-0.2, -0.15) is 0 Å². The van der Waals surface area contributed by atoms with E-state index < -0.39 is 0 Å². The van der Waals surface area contributed by atoms with Crippen LogP contribution in [0.5, 0.6) is 0 Å². The Morgan fingerprint density at radius 3 is 1.88 bits per heavy atom. The summed E-state index contributed by atoms with van der Waals surface area (Å²) >= 11 is 0. The number of hydrogen-bond acceptors (Lipinski definition) is 0. The number of benzene rings is 6. The molecule has 0 N–H and O–H groups in total. The summed E-state index contributed by atoms with van der Waals surface area (Å²) in [6.45, 7) is 0. The molecule has 0 fully saturated rings. The maximum absolute atomic E-state index is 2.37. The predicted molar refractivity (Wildman–Crippen MR) is 113 cm³/mol. The van der Waals surface area contributed by atoms with Gasteiger partial charge in [0.05, 0.1) is 0 Å². The quantitative estimate of drug-likeness (QED) is 0.276. The fourth-order valence-electron chi connectivity index (χ4n) is 4.45. The summed E-state index contributed by atoms with van der Waals surface area (Å²) in [4.78, 5) is 0. The molecule has 0 bridgehead atoms. The first-order valence-electron chi connectivity index (χ1n) is 9.05. The fraction of sp³-hybridized carbons (Fsp3) is 0. The molecule has 120 valence electrons. The average molecular weight is 328 g/mol. The normalized spacial score (nSPS) is 11.8. The third-order valence-electron chi connectivity index (χ3n) is 5.59. The molecule has 0 radical (unpaired) electrons. The molecule has 0 unspecified atom stereocenters. The lowest BCUT2D eigenvalue weighted by Gasteiger charge is -2.16. The second-order valence-corrected chi connectivity index (χ2v) is 7.00. The summed E-state index contributed by atoms with van der Waals surface area (Å²) in [5.74, 6) is 0. The summed E-state index contributed by atoms with van der Waals surface area (Å²) < 4.78 is 0. The predicted octanol–water partition coefficient (Wildman–Crippen LogP) is 7.40. The van der Waals surface area contributed by atoms with Gasteiger partial charge in [-0.15, -0.1) is 0 Å². The van der Waals surface area contributed by atoms with Crippen molar-refractivity contribution in [2.45, 2.75) is 0 Å². The van der Waals surface area contributed by atoms with Crippen LogP contribution in [0.25, 0.3) is 54.2 Å². The van der Waals surface area contributed by atoms with E-state index in [0.717, 1.165) is 0 Å². The van der Waals surface area contributed by atoms with Gasteiger partial charge in [0.25, 0.3) is 0 Å². The zero-order valence-electron chi connectivity index (χ0n) is 14.2. The van der Waals surface area contributed by atoms with E-state index in [1.807, 2.05) is 0 Å². The van der Waals surface area contributed by atoms with Gasteiger partial charge < -0.3 is 0 Å². The molecule has 0 heteroatoms. The monoisotopic (exact) mass is 328 g/mol. The van der Waals surface area contributed by atoms with E-state index in [2.05, 4.69) is 97.1 Å². The lowest BCUT2D eigenvalue weighted by atomic mass is 9.87. The SMILES string of the molecule is c1ccc2c(-c3cc4cccc5ccc6cccc3c6c54)cccc2c1. The van der Waals surface area contributed by atoms with Crippen molar-refractivity contribution in [3.8, 4) is 11.1 Å². The highest BCUT2D eigenvalue weighted by atomic mass is 14.2. The third kappa shape index (κ3) is 1.79. The summed E-state index contributed by atoms with van der Waals surface area (Å²) in [6.07, 6.45) is 0. The fourth-order valence-corrected chi connectivity index (χ4v) is 4.45. The van der Waals surface area contributed by atoms with Crippen LogP contribution in [0, 0.1) is 0 Å². The Morgan fingerprint density at radius 2 is 0.962 bits per heavy atom. The first-order valence-corrected chi connectivity index (χ1v) is 9.05. The standard InChI is InChI=1S/C26H16/c1-2-11-21-17(6-1)7-4-12-22(21)24-16-20-10-3-8-18-14-15-19-9-5-13-23(24)26(19)25(18)20/h1-16H. The zero-order valence-corrected chi connectivity index (χ0v) is 14.2. The van der Waals surface area contributed by atoms with Crippen molar-refractivity contribution < 1.29 is 0 Å². The highest BCUT2D eigenvalue weighted by molar-refractivity contribution is 6.27. The van der Waals surface area contributed by atoms with Gasteiger partial charge in [0.1, 0.15) is 0 Å². The Balaban J connectivity index is 1.87. The van der Waals surface area contributed by atoms with Crippen LogP contribution in [0.15, 0.2) is 97.1 Å². The molecule has 0 aliphatic carbocycles. The van der Waals surface area contributed by atoms with Gasteiger partial charge in [-0.3, -0.25) is 0 Å². The van der Waals surface area contributed by atoms with Gasteiger partial charge in [-0.25, -0.2) is 0 Å². The first-order chi connectivity index (χ1) is 12.9. The molecule has 0 aromatic heterocycles. The Hall–Kier alpha value is -3.38. The second-order valence-electron chi connectivity index (χ2n) is 7.00. The van der Waals surface area contributed by atoms with E-state index in [0.29, 0.717) is 0 Å². The molecule has 0 aliphatic rings. The molecule has 0 heterocycles. The van der Waals surface area contributed by atoms with E-state index in [-0.39, 0.29) is 0 Å². The van der Waals surface area contributed by atoms with Crippen molar-refractivity contribution in [2.24, 2.45) is 0 Å². The number of rotatable bonds is 1. The van der Waals surface area contributed by atoms with Crippen LogP contribution in [0.3, 0.4) is 0 Å². The topological polar surface area (TPSA) is 0 Å². The molecular weight excluding hydrogens is 312 g/mol. The molecule has 6 aromatic carbocycles. The van der Waals surface area contributed by atoms with Crippen molar-refractivity contribution in [2.75, 3.05) is 0 Å². The van der Waals surface area contributed by atoms with Crippen LogP contribution < -0.4 is 0 Å². The van der Waals surface area contributed by atoms with Crippen LogP contribution in [-0.4, -0.2) is 0 Å². The minimum Gasteiger partial charge on any atom is -0.0616 e. The third-order valence-corrected chi connectivity index (χ3v) is 5.59. The molecule has 6 rings (SSSR count). The van der Waals surface area contributed by atoms with E-state index in [4.69, 9.17) is 0 Å².